The summed E-state index contributed by atoms with van der Waals surface area (Å²) < 4.78 is 32.1. The maximum absolute atomic E-state index is 13.7. The molecule has 0 atom stereocenters. The molecule has 0 aliphatic heterocycles. The Hall–Kier alpha value is -2.56. The minimum Gasteiger partial charge on any atom is -0.436 e. The fraction of sp³-hybridized carbons (Fsp3) is 0.0667. The molecule has 20 heavy (non-hydrogen) atoms. The lowest BCUT2D eigenvalue weighted by Gasteiger charge is -2.00. The number of hydrogen-bond donors (Lipinski definition) is 0. The molecule has 0 fully saturated rings. The number of pyridine rings is 1. The monoisotopic (exact) mass is 272 g/mol. The topological polar surface area (TPSA) is 38.9 Å². The second-order valence-electron chi connectivity index (χ2n) is 4.34. The zero-order chi connectivity index (χ0) is 14.1. The molecule has 5 heteroatoms. The van der Waals surface area contributed by atoms with Gasteiger partial charge in [0.1, 0.15) is 11.6 Å². The molecule has 0 saturated carbocycles. The first-order valence-corrected chi connectivity index (χ1v) is 5.97. The molecule has 0 spiro atoms. The molecular weight excluding hydrogens is 262 g/mol. The van der Waals surface area contributed by atoms with Gasteiger partial charge in [0, 0.05) is 18.5 Å². The van der Waals surface area contributed by atoms with Crippen molar-refractivity contribution < 1.29 is 13.2 Å². The molecule has 2 aromatic heterocycles. The van der Waals surface area contributed by atoms with Gasteiger partial charge >= 0.3 is 0 Å². The summed E-state index contributed by atoms with van der Waals surface area (Å²) in [5.41, 5.74) is 1.86. The van der Waals surface area contributed by atoms with E-state index in [2.05, 4.69) is 9.97 Å². The van der Waals surface area contributed by atoms with Crippen molar-refractivity contribution in [1.82, 2.24) is 9.97 Å². The number of benzene rings is 1. The molecule has 3 nitrogen and oxygen atoms in total. The summed E-state index contributed by atoms with van der Waals surface area (Å²) in [5, 5.41) is 0. The summed E-state index contributed by atoms with van der Waals surface area (Å²) >= 11 is 0. The zero-order valence-electron chi connectivity index (χ0n) is 10.6. The molecule has 3 rings (SSSR count). The third kappa shape index (κ3) is 2.18. The SMILES string of the molecule is Cc1ccncc1-c1ncc(-c2ccc(F)cc2F)o1. The highest BCUT2D eigenvalue weighted by atomic mass is 19.1. The summed E-state index contributed by atoms with van der Waals surface area (Å²) in [7, 11) is 0. The zero-order valence-corrected chi connectivity index (χ0v) is 10.6. The van der Waals surface area contributed by atoms with E-state index in [9.17, 15) is 8.78 Å². The van der Waals surface area contributed by atoms with Gasteiger partial charge in [-0.15, -0.1) is 0 Å². The number of hydrogen-bond acceptors (Lipinski definition) is 3. The Morgan fingerprint density at radius 1 is 1.05 bits per heavy atom. The minimum absolute atomic E-state index is 0.173. The first-order chi connectivity index (χ1) is 9.65. The lowest BCUT2D eigenvalue weighted by molar-refractivity contribution is 0.563. The van der Waals surface area contributed by atoms with Gasteiger partial charge in [0.25, 0.3) is 0 Å². The fourth-order valence-electron chi connectivity index (χ4n) is 1.90. The quantitative estimate of drug-likeness (QED) is 0.708. The van der Waals surface area contributed by atoms with Crippen LogP contribution in [0.2, 0.25) is 0 Å². The summed E-state index contributed by atoms with van der Waals surface area (Å²) in [5.74, 6) is -0.709. The second-order valence-corrected chi connectivity index (χ2v) is 4.34. The Morgan fingerprint density at radius 2 is 1.90 bits per heavy atom. The molecule has 100 valence electrons. The molecule has 2 heterocycles. The van der Waals surface area contributed by atoms with E-state index < -0.39 is 11.6 Å². The Morgan fingerprint density at radius 3 is 2.65 bits per heavy atom. The number of oxazole rings is 1. The van der Waals surface area contributed by atoms with Crippen molar-refractivity contribution in [3.05, 3.63) is 60.1 Å². The van der Waals surface area contributed by atoms with Crippen LogP contribution in [0.4, 0.5) is 8.78 Å². The van der Waals surface area contributed by atoms with Crippen LogP contribution in [-0.4, -0.2) is 9.97 Å². The van der Waals surface area contributed by atoms with E-state index in [1.807, 2.05) is 13.0 Å². The van der Waals surface area contributed by atoms with E-state index in [-0.39, 0.29) is 11.3 Å². The number of aryl methyl sites for hydroxylation is 1. The van der Waals surface area contributed by atoms with Gasteiger partial charge in [-0.1, -0.05) is 0 Å². The molecule has 3 aromatic rings. The van der Waals surface area contributed by atoms with Gasteiger partial charge in [-0.3, -0.25) is 4.98 Å². The summed E-state index contributed by atoms with van der Waals surface area (Å²) in [6.45, 7) is 1.90. The van der Waals surface area contributed by atoms with Crippen LogP contribution in [-0.2, 0) is 0 Å². The number of rotatable bonds is 2. The van der Waals surface area contributed by atoms with Crippen molar-refractivity contribution in [2.75, 3.05) is 0 Å². The van der Waals surface area contributed by atoms with Gasteiger partial charge in [0.15, 0.2) is 5.76 Å². The molecular formula is C15H10F2N2O. The summed E-state index contributed by atoms with van der Waals surface area (Å²) in [6, 6.07) is 5.14. The van der Waals surface area contributed by atoms with E-state index in [4.69, 9.17) is 4.42 Å². The first-order valence-electron chi connectivity index (χ1n) is 5.97. The van der Waals surface area contributed by atoms with Crippen molar-refractivity contribution in [3.8, 4) is 22.8 Å². The third-order valence-electron chi connectivity index (χ3n) is 2.97. The van der Waals surface area contributed by atoms with E-state index in [1.165, 1.54) is 18.3 Å². The Bertz CT molecular complexity index is 768. The van der Waals surface area contributed by atoms with Gasteiger partial charge < -0.3 is 4.42 Å². The maximum Gasteiger partial charge on any atom is 0.228 e. The largest absolute Gasteiger partial charge is 0.436 e. The first kappa shape index (κ1) is 12.5. The third-order valence-corrected chi connectivity index (χ3v) is 2.97. The predicted octanol–water partition coefficient (Wildman–Crippen LogP) is 3.99. The van der Waals surface area contributed by atoms with E-state index in [1.54, 1.807) is 12.4 Å². The molecule has 0 radical (unpaired) electrons. The average Bonchev–Trinajstić information content (AvgIpc) is 2.88. The molecule has 0 aliphatic carbocycles. The summed E-state index contributed by atoms with van der Waals surface area (Å²) in [6.07, 6.45) is 4.71. The Labute approximate surface area is 113 Å². The van der Waals surface area contributed by atoms with Gasteiger partial charge in [0.05, 0.1) is 17.3 Å². The normalized spacial score (nSPS) is 10.8. The van der Waals surface area contributed by atoms with E-state index in [0.717, 1.165) is 17.2 Å². The van der Waals surface area contributed by atoms with E-state index >= 15 is 0 Å². The predicted molar refractivity (Wildman–Crippen MR) is 69.8 cm³/mol. The minimum atomic E-state index is -0.685. The van der Waals surface area contributed by atoms with Crippen LogP contribution in [0, 0.1) is 18.6 Å². The molecule has 0 saturated heterocycles. The molecule has 0 aliphatic rings. The Kier molecular flexibility index (Phi) is 3.02. The highest BCUT2D eigenvalue weighted by molar-refractivity contribution is 5.62. The van der Waals surface area contributed by atoms with Gasteiger partial charge in [-0.25, -0.2) is 13.8 Å². The molecule has 0 bridgehead atoms. The van der Waals surface area contributed by atoms with Gasteiger partial charge in [-0.05, 0) is 30.7 Å². The van der Waals surface area contributed by atoms with Crippen LogP contribution >= 0.6 is 0 Å². The second kappa shape index (κ2) is 4.85. The van der Waals surface area contributed by atoms with Crippen molar-refractivity contribution in [1.29, 1.82) is 0 Å². The molecule has 1 aromatic carbocycles. The van der Waals surface area contributed by atoms with Crippen LogP contribution < -0.4 is 0 Å². The fourth-order valence-corrected chi connectivity index (χ4v) is 1.90. The lowest BCUT2D eigenvalue weighted by atomic mass is 10.1. The highest BCUT2D eigenvalue weighted by Crippen LogP contribution is 2.29. The van der Waals surface area contributed by atoms with Gasteiger partial charge in [0.2, 0.25) is 5.89 Å². The standard InChI is InChI=1S/C15H10F2N2O/c1-9-4-5-18-7-12(9)15-19-8-14(20-15)11-3-2-10(16)6-13(11)17/h2-8H,1H3. The molecule has 0 amide bonds. The summed E-state index contributed by atoms with van der Waals surface area (Å²) in [4.78, 5) is 8.13. The van der Waals surface area contributed by atoms with Crippen molar-refractivity contribution in [2.45, 2.75) is 6.92 Å². The smallest absolute Gasteiger partial charge is 0.228 e. The van der Waals surface area contributed by atoms with Crippen molar-refractivity contribution >= 4 is 0 Å². The van der Waals surface area contributed by atoms with Gasteiger partial charge in [-0.2, -0.15) is 0 Å². The highest BCUT2D eigenvalue weighted by Gasteiger charge is 2.14. The molecule has 0 unspecified atom stereocenters. The molecule has 0 N–H and O–H groups in total. The van der Waals surface area contributed by atoms with Crippen LogP contribution in [0.1, 0.15) is 5.56 Å². The Balaban J connectivity index is 2.04. The number of halogens is 2. The number of aromatic nitrogens is 2. The van der Waals surface area contributed by atoms with E-state index in [0.29, 0.717) is 5.89 Å². The van der Waals surface area contributed by atoms with Crippen LogP contribution in [0.3, 0.4) is 0 Å². The number of nitrogens with zero attached hydrogens (tertiary/aromatic N) is 2. The van der Waals surface area contributed by atoms with Crippen molar-refractivity contribution in [3.63, 3.8) is 0 Å². The van der Waals surface area contributed by atoms with Crippen molar-refractivity contribution in [2.24, 2.45) is 0 Å². The van der Waals surface area contributed by atoms with Crippen LogP contribution in [0.25, 0.3) is 22.8 Å². The maximum atomic E-state index is 13.7. The van der Waals surface area contributed by atoms with Crippen LogP contribution in [0.5, 0.6) is 0 Å². The average molecular weight is 272 g/mol. The lowest BCUT2D eigenvalue weighted by Crippen LogP contribution is -1.85. The van der Waals surface area contributed by atoms with Crippen LogP contribution in [0.15, 0.2) is 47.3 Å².